The van der Waals surface area contributed by atoms with E-state index in [2.05, 4.69) is 41.3 Å². The van der Waals surface area contributed by atoms with Crippen LogP contribution in [-0.2, 0) is 6.42 Å². The minimum atomic E-state index is -0.322. The molecular weight excluding hydrogens is 348 g/mol. The minimum absolute atomic E-state index is 0.322. The van der Waals surface area contributed by atoms with E-state index in [9.17, 15) is 4.79 Å². The van der Waals surface area contributed by atoms with Gasteiger partial charge in [-0.2, -0.15) is 9.78 Å². The maximum atomic E-state index is 12.8. The fourth-order valence-electron chi connectivity index (χ4n) is 3.51. The molecule has 1 N–H and O–H groups in total. The molecule has 26 heavy (non-hydrogen) atoms. The first-order valence-corrected chi connectivity index (χ1v) is 8.90. The zero-order valence-electron chi connectivity index (χ0n) is 14.7. The first-order valence-electron chi connectivity index (χ1n) is 8.53. The van der Waals surface area contributed by atoms with Crippen molar-refractivity contribution in [1.82, 2.24) is 9.78 Å². The highest BCUT2D eigenvalue weighted by atomic mass is 35.5. The number of benzene rings is 2. The second-order valence-electron chi connectivity index (χ2n) is 6.46. The summed E-state index contributed by atoms with van der Waals surface area (Å²) >= 11 is 6.16. The van der Waals surface area contributed by atoms with Gasteiger partial charge in [0.15, 0.2) is 0 Å². The third-order valence-corrected chi connectivity index (χ3v) is 5.02. The molecule has 0 fully saturated rings. The van der Waals surface area contributed by atoms with Crippen molar-refractivity contribution in [3.63, 3.8) is 0 Å². The van der Waals surface area contributed by atoms with E-state index in [1.54, 1.807) is 18.3 Å². The summed E-state index contributed by atoms with van der Waals surface area (Å²) in [5.41, 5.74) is 5.13. The van der Waals surface area contributed by atoms with E-state index in [-0.39, 0.29) is 6.03 Å². The van der Waals surface area contributed by atoms with E-state index in [4.69, 9.17) is 11.6 Å². The number of rotatable bonds is 2. The molecule has 5 nitrogen and oxygen atoms in total. The summed E-state index contributed by atoms with van der Waals surface area (Å²) in [5.74, 6) is 0.826. The second kappa shape index (κ2) is 6.50. The van der Waals surface area contributed by atoms with Crippen molar-refractivity contribution in [3.8, 4) is 0 Å². The molecule has 0 bridgehead atoms. The van der Waals surface area contributed by atoms with Gasteiger partial charge in [-0.05, 0) is 43.5 Å². The van der Waals surface area contributed by atoms with Gasteiger partial charge in [0.05, 0.1) is 16.9 Å². The molecule has 0 spiro atoms. The molecule has 2 aromatic carbocycles. The average Bonchev–Trinajstić information content (AvgIpc) is 3.20. The Labute approximate surface area is 157 Å². The lowest BCUT2D eigenvalue weighted by Crippen LogP contribution is -2.26. The summed E-state index contributed by atoms with van der Waals surface area (Å²) in [6.45, 7) is 5.01. The van der Waals surface area contributed by atoms with Crippen LogP contribution in [-0.4, -0.2) is 22.4 Å². The molecule has 0 unspecified atom stereocenters. The zero-order valence-corrected chi connectivity index (χ0v) is 15.4. The highest BCUT2D eigenvalue weighted by Gasteiger charge is 2.29. The topological polar surface area (TPSA) is 50.2 Å². The number of para-hydroxylation sites is 2. The van der Waals surface area contributed by atoms with Crippen molar-refractivity contribution in [2.24, 2.45) is 0 Å². The minimum Gasteiger partial charge on any atom is -0.325 e. The van der Waals surface area contributed by atoms with E-state index in [0.29, 0.717) is 10.7 Å². The molecule has 3 aromatic rings. The number of aryl methyl sites for hydroxylation is 2. The second-order valence-corrected chi connectivity index (χ2v) is 6.86. The molecule has 1 amide bonds. The van der Waals surface area contributed by atoms with Crippen molar-refractivity contribution >= 4 is 34.8 Å². The van der Waals surface area contributed by atoms with Crippen LogP contribution in [0.3, 0.4) is 0 Å². The standard InChI is InChI=1S/C20H19ClN4O/c1-13-6-5-7-14(2)18(13)24-11-10-15-12-22-25(19(15)24)20(26)23-17-9-4-3-8-16(17)21/h3-9,12H,10-11H2,1-2H3,(H,23,26). The fourth-order valence-corrected chi connectivity index (χ4v) is 3.69. The van der Waals surface area contributed by atoms with E-state index >= 15 is 0 Å². The van der Waals surface area contributed by atoms with Gasteiger partial charge in [0.2, 0.25) is 0 Å². The van der Waals surface area contributed by atoms with Crippen molar-refractivity contribution in [2.75, 3.05) is 16.8 Å². The van der Waals surface area contributed by atoms with Crippen LogP contribution in [0.4, 0.5) is 22.0 Å². The number of hydrogen-bond acceptors (Lipinski definition) is 3. The number of halogens is 1. The molecule has 6 heteroatoms. The summed E-state index contributed by atoms with van der Waals surface area (Å²) < 4.78 is 1.43. The number of anilines is 3. The normalized spacial score (nSPS) is 13.0. The summed E-state index contributed by atoms with van der Waals surface area (Å²) in [7, 11) is 0. The van der Waals surface area contributed by atoms with E-state index in [1.165, 1.54) is 15.8 Å². The molecule has 1 aliphatic rings. The zero-order chi connectivity index (χ0) is 18.3. The number of amides is 1. The van der Waals surface area contributed by atoms with Crippen LogP contribution in [0, 0.1) is 13.8 Å². The number of nitrogens with one attached hydrogen (secondary N) is 1. The van der Waals surface area contributed by atoms with Gasteiger partial charge < -0.3 is 10.2 Å². The van der Waals surface area contributed by atoms with E-state index < -0.39 is 0 Å². The summed E-state index contributed by atoms with van der Waals surface area (Å²) in [6.07, 6.45) is 2.64. The third-order valence-electron chi connectivity index (χ3n) is 4.69. The number of carbonyl (C=O) groups excluding carboxylic acids is 1. The Kier molecular flexibility index (Phi) is 4.17. The first-order chi connectivity index (χ1) is 12.6. The maximum Gasteiger partial charge on any atom is 0.348 e. The molecule has 0 saturated heterocycles. The molecule has 0 radical (unpaired) electrons. The molecule has 0 saturated carbocycles. The number of nitrogens with zero attached hydrogens (tertiary/aromatic N) is 3. The summed E-state index contributed by atoms with van der Waals surface area (Å²) in [4.78, 5) is 15.0. The van der Waals surface area contributed by atoms with Gasteiger partial charge in [-0.3, -0.25) is 0 Å². The molecular formula is C20H19ClN4O. The number of hydrogen-bond donors (Lipinski definition) is 1. The molecule has 1 aromatic heterocycles. The van der Waals surface area contributed by atoms with E-state index in [1.807, 2.05) is 18.2 Å². The van der Waals surface area contributed by atoms with Gasteiger partial charge >= 0.3 is 6.03 Å². The van der Waals surface area contributed by atoms with Gasteiger partial charge in [-0.15, -0.1) is 0 Å². The Balaban J connectivity index is 1.72. The van der Waals surface area contributed by atoms with Crippen LogP contribution in [0.5, 0.6) is 0 Å². The Morgan fingerprint density at radius 2 is 1.85 bits per heavy atom. The Morgan fingerprint density at radius 3 is 2.58 bits per heavy atom. The summed E-state index contributed by atoms with van der Waals surface area (Å²) in [5, 5.41) is 7.66. The van der Waals surface area contributed by atoms with Crippen molar-refractivity contribution in [3.05, 3.63) is 70.4 Å². The predicted molar refractivity (Wildman–Crippen MR) is 105 cm³/mol. The van der Waals surface area contributed by atoms with Crippen molar-refractivity contribution < 1.29 is 4.79 Å². The molecule has 132 valence electrons. The lowest BCUT2D eigenvalue weighted by Gasteiger charge is -2.24. The fraction of sp³-hybridized carbons (Fsp3) is 0.200. The lowest BCUT2D eigenvalue weighted by atomic mass is 10.1. The van der Waals surface area contributed by atoms with Crippen LogP contribution in [0.1, 0.15) is 16.7 Å². The maximum absolute atomic E-state index is 12.8. The SMILES string of the molecule is Cc1cccc(C)c1N1CCc2cnn(C(=O)Nc3ccccc3Cl)c21. The van der Waals surface area contributed by atoms with Crippen LogP contribution in [0.2, 0.25) is 5.02 Å². The van der Waals surface area contributed by atoms with Crippen molar-refractivity contribution in [1.29, 1.82) is 0 Å². The quantitative estimate of drug-likeness (QED) is 0.699. The highest BCUT2D eigenvalue weighted by Crippen LogP contribution is 2.38. The number of carbonyl (C=O) groups is 1. The van der Waals surface area contributed by atoms with Crippen molar-refractivity contribution in [2.45, 2.75) is 20.3 Å². The smallest absolute Gasteiger partial charge is 0.325 e. The first kappa shape index (κ1) is 16.7. The van der Waals surface area contributed by atoms with Gasteiger partial charge in [-0.25, -0.2) is 4.79 Å². The molecule has 1 aliphatic heterocycles. The molecule has 2 heterocycles. The number of aromatic nitrogens is 2. The molecule has 0 atom stereocenters. The largest absolute Gasteiger partial charge is 0.348 e. The van der Waals surface area contributed by atoms with Gasteiger partial charge in [0.1, 0.15) is 5.82 Å². The summed E-state index contributed by atoms with van der Waals surface area (Å²) in [6, 6.07) is 13.1. The Hall–Kier alpha value is -2.79. The number of fused-ring (bicyclic) bond motifs is 1. The predicted octanol–water partition coefficient (Wildman–Crippen LogP) is 4.93. The molecule has 4 rings (SSSR count). The van der Waals surface area contributed by atoms with Gasteiger partial charge in [-0.1, -0.05) is 41.9 Å². The van der Waals surface area contributed by atoms with Crippen LogP contribution < -0.4 is 10.2 Å². The monoisotopic (exact) mass is 366 g/mol. The third kappa shape index (κ3) is 2.74. The lowest BCUT2D eigenvalue weighted by molar-refractivity contribution is 0.251. The average molecular weight is 367 g/mol. The van der Waals surface area contributed by atoms with Gasteiger partial charge in [0.25, 0.3) is 0 Å². The van der Waals surface area contributed by atoms with E-state index in [0.717, 1.165) is 30.0 Å². The van der Waals surface area contributed by atoms with Crippen LogP contribution >= 0.6 is 11.6 Å². The molecule has 0 aliphatic carbocycles. The highest BCUT2D eigenvalue weighted by molar-refractivity contribution is 6.33. The van der Waals surface area contributed by atoms with Crippen LogP contribution in [0.25, 0.3) is 0 Å². The Morgan fingerprint density at radius 1 is 1.12 bits per heavy atom. The van der Waals surface area contributed by atoms with Gasteiger partial charge in [0, 0.05) is 17.8 Å². The Bertz CT molecular complexity index is 975. The van der Waals surface area contributed by atoms with Crippen LogP contribution in [0.15, 0.2) is 48.7 Å².